The number of hydrogen-bond donors (Lipinski definition) is 1. The highest BCUT2D eigenvalue weighted by Crippen LogP contribution is 2.38. The molecule has 3 heterocycles. The molecule has 3 aliphatic rings. The summed E-state index contributed by atoms with van der Waals surface area (Å²) < 4.78 is 12.2. The molecule has 0 spiro atoms. The fraction of sp³-hybridized carbons (Fsp3) is 0.567. The van der Waals surface area contributed by atoms with Gasteiger partial charge in [-0.25, -0.2) is 0 Å². The van der Waals surface area contributed by atoms with E-state index in [0.717, 1.165) is 61.4 Å². The summed E-state index contributed by atoms with van der Waals surface area (Å²) in [5.41, 5.74) is 1.63. The van der Waals surface area contributed by atoms with Crippen LogP contribution < -0.4 is 5.32 Å². The van der Waals surface area contributed by atoms with E-state index in [0.29, 0.717) is 24.2 Å². The van der Waals surface area contributed by atoms with E-state index in [9.17, 15) is 14.4 Å². The van der Waals surface area contributed by atoms with Crippen LogP contribution >= 0.6 is 0 Å². The Kier molecular flexibility index (Phi) is 7.86. The van der Waals surface area contributed by atoms with Crippen molar-refractivity contribution in [2.45, 2.75) is 77.3 Å². The molecule has 2 fully saturated rings. The van der Waals surface area contributed by atoms with Crippen LogP contribution in [0, 0.1) is 0 Å². The summed E-state index contributed by atoms with van der Waals surface area (Å²) in [6.07, 6.45) is 4.94. The van der Waals surface area contributed by atoms with Crippen molar-refractivity contribution in [3.05, 3.63) is 47.0 Å². The number of nitrogens with one attached hydrogen (secondary N) is 1. The van der Waals surface area contributed by atoms with Gasteiger partial charge in [0.1, 0.15) is 0 Å². The molecule has 2 aromatic carbocycles. The Morgan fingerprint density at radius 1 is 0.923 bits per heavy atom. The molecule has 1 N–H and O–H groups in total. The third kappa shape index (κ3) is 5.49. The number of carbonyl (C=O) groups is 3. The largest absolute Gasteiger partial charge is 0.457 e. The number of piperazine rings is 1. The predicted octanol–water partition coefficient (Wildman–Crippen LogP) is 4.06. The van der Waals surface area contributed by atoms with Crippen LogP contribution in [0.3, 0.4) is 0 Å². The Morgan fingerprint density at radius 2 is 1.59 bits per heavy atom. The number of carbonyl (C=O) groups excluding carboxylic acids is 3. The zero-order valence-electron chi connectivity index (χ0n) is 23.7. The van der Waals surface area contributed by atoms with Crippen molar-refractivity contribution >= 4 is 35.6 Å². The van der Waals surface area contributed by atoms with Crippen molar-refractivity contribution < 1.29 is 23.7 Å². The topological polar surface area (TPSA) is 88.2 Å². The Morgan fingerprint density at radius 3 is 2.28 bits per heavy atom. The van der Waals surface area contributed by atoms with Crippen LogP contribution in [0.4, 0.5) is 0 Å². The van der Waals surface area contributed by atoms with Gasteiger partial charge in [-0.05, 0) is 69.9 Å². The average Bonchev–Trinajstić information content (AvgIpc) is 3.13. The van der Waals surface area contributed by atoms with Gasteiger partial charge in [-0.15, -0.1) is 0 Å². The minimum absolute atomic E-state index is 0.0186. The van der Waals surface area contributed by atoms with E-state index >= 15 is 0 Å². The van der Waals surface area contributed by atoms with Gasteiger partial charge in [0.15, 0.2) is 0 Å². The molecule has 0 unspecified atom stereocenters. The molecular weight excluding hydrogens is 493 g/mol. The predicted molar refractivity (Wildman–Crippen MR) is 152 cm³/mol. The quantitative estimate of drug-likeness (QED) is 0.297. The van der Waals surface area contributed by atoms with Crippen molar-refractivity contribution in [2.24, 2.45) is 0 Å². The molecular formula is C30H40BN3O5. The smallest absolute Gasteiger partial charge is 0.403 e. The second-order valence-electron chi connectivity index (χ2n) is 11.9. The van der Waals surface area contributed by atoms with Gasteiger partial charge in [-0.1, -0.05) is 31.0 Å². The maximum Gasteiger partial charge on any atom is 0.457 e. The minimum Gasteiger partial charge on any atom is -0.403 e. The Labute approximate surface area is 231 Å². The highest BCUT2D eigenvalue weighted by atomic mass is 16.7. The normalized spacial score (nSPS) is 20.3. The highest BCUT2D eigenvalue weighted by Gasteiger charge is 2.50. The van der Waals surface area contributed by atoms with Gasteiger partial charge in [-0.2, -0.15) is 0 Å². The number of amides is 3. The summed E-state index contributed by atoms with van der Waals surface area (Å²) in [6.45, 7) is 11.3. The van der Waals surface area contributed by atoms with Crippen molar-refractivity contribution in [1.82, 2.24) is 15.1 Å². The molecule has 3 amide bonds. The van der Waals surface area contributed by atoms with Crippen molar-refractivity contribution in [2.75, 3.05) is 32.7 Å². The van der Waals surface area contributed by atoms with Crippen LogP contribution in [-0.4, -0.2) is 78.6 Å². The number of hydrogen-bond acceptors (Lipinski definition) is 6. The SMILES string of the molecule is CC1(C)OB(CCCCCc2ccc3c4c(cccc24)C(=O)N(CCC(=O)N2CCNCC2)C3=O)OC1(C)C. The van der Waals surface area contributed by atoms with Gasteiger partial charge in [0.05, 0.1) is 11.2 Å². The van der Waals surface area contributed by atoms with E-state index in [4.69, 9.17) is 9.31 Å². The van der Waals surface area contributed by atoms with Crippen LogP contribution in [0.15, 0.2) is 30.3 Å². The summed E-state index contributed by atoms with van der Waals surface area (Å²) in [7, 11) is -0.164. The lowest BCUT2D eigenvalue weighted by Crippen LogP contribution is -2.48. The lowest BCUT2D eigenvalue weighted by molar-refractivity contribution is -0.131. The number of nitrogens with zero attached hydrogens (tertiary/aromatic N) is 2. The second-order valence-corrected chi connectivity index (χ2v) is 11.9. The van der Waals surface area contributed by atoms with E-state index in [-0.39, 0.29) is 49.0 Å². The highest BCUT2D eigenvalue weighted by molar-refractivity contribution is 6.45. The minimum atomic E-state index is -0.314. The standard InChI is InChI=1S/C30H40BN3O5/c1-29(2)30(3,4)39-31(38-29)15-7-5-6-9-21-12-13-24-26-22(21)10-8-11-23(26)27(36)34(28(24)37)18-14-25(35)33-19-16-32-17-20-33/h8,10-13,32H,5-7,9,14-20H2,1-4H3. The fourth-order valence-electron chi connectivity index (χ4n) is 5.79. The van der Waals surface area contributed by atoms with E-state index in [1.807, 2.05) is 24.3 Å². The molecule has 0 radical (unpaired) electrons. The first-order valence-corrected chi connectivity index (χ1v) is 14.3. The average molecular weight is 533 g/mol. The maximum absolute atomic E-state index is 13.4. The van der Waals surface area contributed by atoms with E-state index < -0.39 is 0 Å². The molecule has 0 bridgehead atoms. The molecule has 3 aliphatic heterocycles. The Hall–Kier alpha value is -2.75. The zero-order chi connectivity index (χ0) is 27.8. The van der Waals surface area contributed by atoms with Crippen molar-refractivity contribution in [3.63, 3.8) is 0 Å². The maximum atomic E-state index is 13.4. The molecule has 0 saturated carbocycles. The van der Waals surface area contributed by atoms with E-state index in [1.54, 1.807) is 11.0 Å². The second kappa shape index (κ2) is 11.0. The number of benzene rings is 2. The molecule has 0 atom stereocenters. The molecule has 0 aliphatic carbocycles. The molecule has 208 valence electrons. The molecule has 9 heteroatoms. The summed E-state index contributed by atoms with van der Waals surface area (Å²) >= 11 is 0. The lowest BCUT2D eigenvalue weighted by atomic mass is 9.82. The van der Waals surface area contributed by atoms with E-state index in [1.165, 1.54) is 4.90 Å². The van der Waals surface area contributed by atoms with Crippen LogP contribution in [0.2, 0.25) is 6.32 Å². The molecule has 5 rings (SSSR count). The summed E-state index contributed by atoms with van der Waals surface area (Å²) in [5, 5.41) is 4.94. The molecule has 39 heavy (non-hydrogen) atoms. The van der Waals surface area contributed by atoms with Crippen LogP contribution in [0.5, 0.6) is 0 Å². The first-order chi connectivity index (χ1) is 18.6. The Balaban J connectivity index is 1.21. The van der Waals surface area contributed by atoms with Crippen LogP contribution in [0.1, 0.15) is 79.7 Å². The van der Waals surface area contributed by atoms with Gasteiger partial charge in [0.2, 0.25) is 5.91 Å². The number of aryl methyl sites for hydroxylation is 1. The summed E-state index contributed by atoms with van der Waals surface area (Å²) in [6, 6.07) is 9.56. The number of imide groups is 1. The summed E-state index contributed by atoms with van der Waals surface area (Å²) in [5.74, 6) is -0.647. The lowest BCUT2D eigenvalue weighted by Gasteiger charge is -2.32. The first-order valence-electron chi connectivity index (χ1n) is 14.3. The molecule has 0 aromatic heterocycles. The van der Waals surface area contributed by atoms with Crippen LogP contribution in [-0.2, 0) is 20.5 Å². The number of unbranched alkanes of at least 4 members (excludes halogenated alkanes) is 2. The molecule has 2 saturated heterocycles. The van der Waals surface area contributed by atoms with Gasteiger partial charge in [0, 0.05) is 55.7 Å². The molecule has 8 nitrogen and oxygen atoms in total. The number of rotatable bonds is 9. The third-order valence-corrected chi connectivity index (χ3v) is 8.79. The zero-order valence-corrected chi connectivity index (χ0v) is 23.7. The van der Waals surface area contributed by atoms with Gasteiger partial charge in [0.25, 0.3) is 11.8 Å². The van der Waals surface area contributed by atoms with E-state index in [2.05, 4.69) is 33.0 Å². The first kappa shape index (κ1) is 27.8. The van der Waals surface area contributed by atoms with Crippen molar-refractivity contribution in [3.8, 4) is 0 Å². The summed E-state index contributed by atoms with van der Waals surface area (Å²) in [4.78, 5) is 42.4. The van der Waals surface area contributed by atoms with Gasteiger partial charge in [-0.3, -0.25) is 19.3 Å². The third-order valence-electron chi connectivity index (χ3n) is 8.79. The monoisotopic (exact) mass is 533 g/mol. The van der Waals surface area contributed by atoms with Gasteiger partial charge < -0.3 is 19.5 Å². The van der Waals surface area contributed by atoms with Crippen LogP contribution in [0.25, 0.3) is 10.8 Å². The fourth-order valence-corrected chi connectivity index (χ4v) is 5.79. The molecule has 2 aromatic rings. The Bertz CT molecular complexity index is 1230. The van der Waals surface area contributed by atoms with Crippen molar-refractivity contribution in [1.29, 1.82) is 0 Å². The van der Waals surface area contributed by atoms with Gasteiger partial charge >= 0.3 is 7.12 Å².